The second-order valence-electron chi connectivity index (χ2n) is 1.87. The monoisotopic (exact) mass is 121 g/mol. The zero-order valence-corrected chi connectivity index (χ0v) is 5.78. The molecule has 0 aromatic carbocycles. The molecule has 0 aliphatic rings. The average molecular weight is 121 g/mol. The van der Waals surface area contributed by atoms with Crippen LogP contribution in [-0.2, 0) is 0 Å². The fourth-order valence-corrected chi connectivity index (χ4v) is 0.553. The van der Waals surface area contributed by atoms with E-state index in [4.69, 9.17) is 0 Å². The lowest BCUT2D eigenvalue weighted by atomic mass is 10.4. The van der Waals surface area contributed by atoms with Gasteiger partial charge in [0, 0.05) is 0 Å². The van der Waals surface area contributed by atoms with Crippen LogP contribution in [0.1, 0.15) is 26.7 Å². The molecule has 0 unspecified atom stereocenters. The van der Waals surface area contributed by atoms with E-state index >= 15 is 0 Å². The standard InChI is InChI=1S/C6H15N.FH/c1-3-5-7-6-4-2;/h7H,3-6H2,1-2H3;1H. The first-order chi connectivity index (χ1) is 3.41. The number of hydrogen-bond donors (Lipinski definition) is 1. The lowest BCUT2D eigenvalue weighted by molar-refractivity contribution is -0.654. The molecule has 2 N–H and O–H groups in total. The molecule has 8 heavy (non-hydrogen) atoms. The highest BCUT2D eigenvalue weighted by Crippen LogP contribution is 1.62. The van der Waals surface area contributed by atoms with Crippen molar-refractivity contribution in [2.75, 3.05) is 13.1 Å². The number of hydrogen-bond acceptors (Lipinski definition) is 0. The molecule has 0 radical (unpaired) electrons. The predicted molar refractivity (Wildman–Crippen MR) is 32.2 cm³/mol. The van der Waals surface area contributed by atoms with Gasteiger partial charge in [0.1, 0.15) is 0 Å². The highest BCUT2D eigenvalue weighted by atomic mass is 19.0. The minimum atomic E-state index is 0. The maximum atomic E-state index is 2.36. The van der Waals surface area contributed by atoms with Gasteiger partial charge in [0.05, 0.1) is 13.1 Å². The SMILES string of the molecule is CCC[NH2+]CCC.[F-]. The van der Waals surface area contributed by atoms with Gasteiger partial charge in [-0.3, -0.25) is 0 Å². The summed E-state index contributed by atoms with van der Waals surface area (Å²) in [7, 11) is 0. The van der Waals surface area contributed by atoms with Crippen molar-refractivity contribution in [2.45, 2.75) is 26.7 Å². The fraction of sp³-hybridized carbons (Fsp3) is 1.00. The molecule has 0 bridgehead atoms. The van der Waals surface area contributed by atoms with E-state index in [9.17, 15) is 0 Å². The third-order valence-corrected chi connectivity index (χ3v) is 0.986. The van der Waals surface area contributed by atoms with Gasteiger partial charge in [-0.1, -0.05) is 13.8 Å². The number of quaternary nitrogens is 1. The zero-order chi connectivity index (χ0) is 5.54. The van der Waals surface area contributed by atoms with Crippen LogP contribution in [0.5, 0.6) is 0 Å². The van der Waals surface area contributed by atoms with Crippen molar-refractivity contribution < 1.29 is 10.0 Å². The van der Waals surface area contributed by atoms with E-state index in [0.29, 0.717) is 0 Å². The molecule has 0 aliphatic heterocycles. The largest absolute Gasteiger partial charge is 1.00 e. The third kappa shape index (κ3) is 9.31. The summed E-state index contributed by atoms with van der Waals surface area (Å²) in [5, 5.41) is 2.36. The lowest BCUT2D eigenvalue weighted by Gasteiger charge is -1.92. The molecule has 0 aliphatic carbocycles. The van der Waals surface area contributed by atoms with Crippen molar-refractivity contribution in [1.29, 1.82) is 0 Å². The van der Waals surface area contributed by atoms with Gasteiger partial charge in [-0.05, 0) is 12.8 Å². The van der Waals surface area contributed by atoms with Crippen LogP contribution in [0.15, 0.2) is 0 Å². The molecule has 0 amide bonds. The summed E-state index contributed by atoms with van der Waals surface area (Å²) in [6.45, 7) is 7.03. The Morgan fingerprint density at radius 3 is 1.62 bits per heavy atom. The van der Waals surface area contributed by atoms with Crippen molar-refractivity contribution in [2.24, 2.45) is 0 Å². The number of rotatable bonds is 4. The van der Waals surface area contributed by atoms with Crippen molar-refractivity contribution in [3.8, 4) is 0 Å². The van der Waals surface area contributed by atoms with Crippen LogP contribution in [-0.4, -0.2) is 13.1 Å². The smallest absolute Gasteiger partial charge is 0.0752 e. The number of nitrogens with two attached hydrogens (primary N) is 1. The first kappa shape index (κ1) is 10.8. The summed E-state index contributed by atoms with van der Waals surface area (Å²) in [5.41, 5.74) is 0. The molecule has 0 fully saturated rings. The Labute approximate surface area is 50.8 Å². The molecular formula is C6H16FN. The van der Waals surface area contributed by atoms with Crippen LogP contribution in [0.25, 0.3) is 0 Å². The molecule has 52 valence electrons. The summed E-state index contributed by atoms with van der Waals surface area (Å²) in [6.07, 6.45) is 2.61. The molecule has 0 aromatic heterocycles. The summed E-state index contributed by atoms with van der Waals surface area (Å²) >= 11 is 0. The maximum absolute atomic E-state index is 2.36. The molecule has 0 aromatic rings. The Balaban J connectivity index is 0. The average Bonchev–Trinajstić information content (AvgIpc) is 1.69. The van der Waals surface area contributed by atoms with Crippen LogP contribution in [0.4, 0.5) is 0 Å². The van der Waals surface area contributed by atoms with Crippen LogP contribution in [0, 0.1) is 0 Å². The van der Waals surface area contributed by atoms with Crippen LogP contribution >= 0.6 is 0 Å². The van der Waals surface area contributed by atoms with Gasteiger partial charge >= 0.3 is 0 Å². The Bertz CT molecular complexity index is 27.7. The highest BCUT2D eigenvalue weighted by Gasteiger charge is 1.80. The molecule has 0 heterocycles. The second kappa shape index (κ2) is 10.00. The van der Waals surface area contributed by atoms with E-state index in [1.165, 1.54) is 25.9 Å². The van der Waals surface area contributed by atoms with Gasteiger partial charge in [0.25, 0.3) is 0 Å². The van der Waals surface area contributed by atoms with Gasteiger partial charge in [0.15, 0.2) is 0 Å². The fourth-order valence-electron chi connectivity index (χ4n) is 0.553. The Hall–Kier alpha value is -0.110. The minimum Gasteiger partial charge on any atom is -1.00 e. The van der Waals surface area contributed by atoms with E-state index < -0.39 is 0 Å². The summed E-state index contributed by atoms with van der Waals surface area (Å²) in [5.74, 6) is 0. The molecule has 0 saturated heterocycles. The molecule has 0 rings (SSSR count). The van der Waals surface area contributed by atoms with E-state index in [1.54, 1.807) is 0 Å². The molecule has 0 atom stereocenters. The first-order valence-corrected chi connectivity index (χ1v) is 3.23. The van der Waals surface area contributed by atoms with E-state index in [-0.39, 0.29) is 4.70 Å². The molecule has 0 saturated carbocycles. The van der Waals surface area contributed by atoms with Crippen molar-refractivity contribution in [3.05, 3.63) is 0 Å². The highest BCUT2D eigenvalue weighted by molar-refractivity contribution is 4.17. The van der Waals surface area contributed by atoms with Gasteiger partial charge in [0.2, 0.25) is 0 Å². The van der Waals surface area contributed by atoms with Gasteiger partial charge in [-0.25, -0.2) is 0 Å². The van der Waals surface area contributed by atoms with Crippen LogP contribution in [0.2, 0.25) is 0 Å². The maximum Gasteiger partial charge on any atom is 0.0752 e. The van der Waals surface area contributed by atoms with Crippen LogP contribution < -0.4 is 10.0 Å². The van der Waals surface area contributed by atoms with Gasteiger partial charge in [-0.15, -0.1) is 0 Å². The van der Waals surface area contributed by atoms with Gasteiger partial charge in [-0.2, -0.15) is 0 Å². The Morgan fingerprint density at radius 2 is 1.38 bits per heavy atom. The third-order valence-electron chi connectivity index (χ3n) is 0.986. The van der Waals surface area contributed by atoms with Crippen molar-refractivity contribution >= 4 is 0 Å². The molecule has 0 spiro atoms. The van der Waals surface area contributed by atoms with E-state index in [2.05, 4.69) is 19.2 Å². The first-order valence-electron chi connectivity index (χ1n) is 3.23. The van der Waals surface area contributed by atoms with E-state index in [0.717, 1.165) is 0 Å². The normalized spacial score (nSPS) is 8.25. The molecule has 1 nitrogen and oxygen atoms in total. The Kier molecular flexibility index (Phi) is 13.5. The quantitative estimate of drug-likeness (QED) is 0.392. The molecular weight excluding hydrogens is 105 g/mol. The van der Waals surface area contributed by atoms with Crippen molar-refractivity contribution in [1.82, 2.24) is 0 Å². The summed E-state index contributed by atoms with van der Waals surface area (Å²) in [4.78, 5) is 0. The van der Waals surface area contributed by atoms with Crippen LogP contribution in [0.3, 0.4) is 0 Å². The zero-order valence-electron chi connectivity index (χ0n) is 5.78. The van der Waals surface area contributed by atoms with Gasteiger partial charge < -0.3 is 10.0 Å². The predicted octanol–water partition coefficient (Wildman–Crippen LogP) is -2.63. The minimum absolute atomic E-state index is 0. The summed E-state index contributed by atoms with van der Waals surface area (Å²) in [6, 6.07) is 0. The molecule has 2 heteroatoms. The number of halogens is 1. The van der Waals surface area contributed by atoms with E-state index in [1.807, 2.05) is 0 Å². The summed E-state index contributed by atoms with van der Waals surface area (Å²) < 4.78 is 0. The second-order valence-corrected chi connectivity index (χ2v) is 1.87. The van der Waals surface area contributed by atoms with Crippen molar-refractivity contribution in [3.63, 3.8) is 0 Å². The Morgan fingerprint density at radius 1 is 1.00 bits per heavy atom. The lowest BCUT2D eigenvalue weighted by Crippen LogP contribution is -3.00. The topological polar surface area (TPSA) is 16.6 Å².